The molecule has 0 bridgehead atoms. The van der Waals surface area contributed by atoms with E-state index in [0.29, 0.717) is 35.8 Å². The molecule has 1 saturated heterocycles. The first-order valence-electron chi connectivity index (χ1n) is 13.5. The van der Waals surface area contributed by atoms with Crippen molar-refractivity contribution in [2.45, 2.75) is 78.7 Å². The van der Waals surface area contributed by atoms with Gasteiger partial charge in [0.2, 0.25) is 5.78 Å². The number of carbonyl (C=O) groups excluding carboxylic acids is 4. The molecule has 194 valence electrons. The number of esters is 2. The van der Waals surface area contributed by atoms with E-state index in [-0.39, 0.29) is 41.0 Å². The van der Waals surface area contributed by atoms with Crippen LogP contribution in [-0.2, 0) is 28.7 Å². The molecule has 0 aromatic carbocycles. The van der Waals surface area contributed by atoms with Crippen LogP contribution < -0.4 is 0 Å². The monoisotopic (exact) mass is 494 g/mol. The van der Waals surface area contributed by atoms with Crippen LogP contribution in [0.4, 0.5) is 0 Å². The molecule has 0 N–H and O–H groups in total. The Morgan fingerprint density at radius 3 is 2.47 bits per heavy atom. The van der Waals surface area contributed by atoms with Crippen LogP contribution in [0.3, 0.4) is 0 Å². The molecular formula is C30H38O6. The highest BCUT2D eigenvalue weighted by atomic mass is 16.6. The Morgan fingerprint density at radius 2 is 1.75 bits per heavy atom. The van der Waals surface area contributed by atoms with Gasteiger partial charge in [-0.2, -0.15) is 0 Å². The van der Waals surface area contributed by atoms with Gasteiger partial charge in [-0.05, 0) is 81.1 Å². The molecule has 1 heterocycles. The highest BCUT2D eigenvalue weighted by Crippen LogP contribution is 2.56. The first kappa shape index (κ1) is 25.2. The van der Waals surface area contributed by atoms with Gasteiger partial charge in [0.25, 0.3) is 0 Å². The first-order chi connectivity index (χ1) is 16.9. The summed E-state index contributed by atoms with van der Waals surface area (Å²) in [5.74, 6) is -0.689. The molecule has 4 fully saturated rings. The molecule has 4 aliphatic carbocycles. The molecule has 0 radical (unpaired) electrons. The molecule has 0 spiro atoms. The molecule has 0 aromatic heterocycles. The van der Waals surface area contributed by atoms with Crippen molar-refractivity contribution in [1.29, 1.82) is 0 Å². The van der Waals surface area contributed by atoms with Crippen molar-refractivity contribution in [2.75, 3.05) is 0 Å². The minimum atomic E-state index is -0.999. The van der Waals surface area contributed by atoms with Crippen molar-refractivity contribution in [2.24, 2.45) is 46.3 Å². The topological polar surface area (TPSA) is 86.7 Å². The fourth-order valence-corrected chi connectivity index (χ4v) is 8.26. The Hall–Kier alpha value is -2.50. The Morgan fingerprint density at radius 1 is 1.06 bits per heavy atom. The molecule has 0 aromatic rings. The predicted molar refractivity (Wildman–Crippen MR) is 133 cm³/mol. The van der Waals surface area contributed by atoms with Gasteiger partial charge in [0.15, 0.2) is 5.76 Å². The van der Waals surface area contributed by atoms with Gasteiger partial charge in [-0.1, -0.05) is 33.9 Å². The van der Waals surface area contributed by atoms with Gasteiger partial charge in [0.1, 0.15) is 11.9 Å². The summed E-state index contributed by atoms with van der Waals surface area (Å²) in [7, 11) is 0. The lowest BCUT2D eigenvalue weighted by atomic mass is 9.68. The lowest BCUT2D eigenvalue weighted by Gasteiger charge is -2.36. The second-order valence-corrected chi connectivity index (χ2v) is 12.5. The maximum atomic E-state index is 13.8. The number of ketones is 2. The second kappa shape index (κ2) is 8.53. The maximum Gasteiger partial charge on any atom is 0.339 e. The Labute approximate surface area is 213 Å². The summed E-state index contributed by atoms with van der Waals surface area (Å²) in [4.78, 5) is 52.2. The Kier molecular flexibility index (Phi) is 5.96. The van der Waals surface area contributed by atoms with Gasteiger partial charge in [0.05, 0.1) is 5.41 Å². The molecule has 0 amide bonds. The SMILES string of the molecule is C=C(C(=O)OC1=C[C@H]2[C@@H](C)CC[C@H]3C(=C)C(=O)O[C@H]3[C@]2(C)C1=O)[C@@H]1CC[C@H](C)[C@@H]2CCC(=O)[C@@]2(C)C1. The van der Waals surface area contributed by atoms with Crippen LogP contribution >= 0.6 is 0 Å². The van der Waals surface area contributed by atoms with Crippen LogP contribution in [0.1, 0.15) is 72.6 Å². The first-order valence-corrected chi connectivity index (χ1v) is 13.5. The van der Waals surface area contributed by atoms with E-state index >= 15 is 0 Å². The van der Waals surface area contributed by atoms with Crippen LogP contribution in [0.2, 0.25) is 0 Å². The zero-order chi connectivity index (χ0) is 26.2. The zero-order valence-electron chi connectivity index (χ0n) is 21.9. The van der Waals surface area contributed by atoms with Gasteiger partial charge >= 0.3 is 11.9 Å². The minimum Gasteiger partial charge on any atom is -0.457 e. The third-order valence-electron chi connectivity index (χ3n) is 10.6. The quantitative estimate of drug-likeness (QED) is 0.400. The van der Waals surface area contributed by atoms with E-state index in [0.717, 1.165) is 32.1 Å². The third kappa shape index (κ3) is 3.50. The third-order valence-corrected chi connectivity index (χ3v) is 10.6. The van der Waals surface area contributed by atoms with E-state index in [1.807, 2.05) is 13.8 Å². The zero-order valence-corrected chi connectivity index (χ0v) is 21.9. The van der Waals surface area contributed by atoms with Crippen molar-refractivity contribution in [3.05, 3.63) is 36.1 Å². The molecule has 6 nitrogen and oxygen atoms in total. The molecule has 5 aliphatic rings. The number of rotatable bonds is 3. The summed E-state index contributed by atoms with van der Waals surface area (Å²) in [5, 5.41) is 0. The average molecular weight is 495 g/mol. The number of Topliss-reactive ketones (excluding diaryl/α,β-unsaturated/α-hetero) is 2. The summed E-state index contributed by atoms with van der Waals surface area (Å²) >= 11 is 0. The van der Waals surface area contributed by atoms with E-state index in [9.17, 15) is 19.2 Å². The molecule has 1 aliphatic heterocycles. The van der Waals surface area contributed by atoms with Gasteiger partial charge in [-0.3, -0.25) is 9.59 Å². The standard InChI is InChI=1S/C30H38O6/c1-15-7-9-19(14-29(5)21(15)11-12-24(29)31)17(3)27(33)35-23-13-22-16(2)8-10-20-18(4)28(34)36-26(20)30(22,6)25(23)32/h13,15-16,19-22,26H,3-4,7-12,14H2,1-2,5-6H3/t15-,16-,19+,20-,21-,22-,26+,29-,30-/m0/s1. The number of ether oxygens (including phenoxy) is 2. The Bertz CT molecular complexity index is 1100. The van der Waals surface area contributed by atoms with E-state index < -0.39 is 28.9 Å². The van der Waals surface area contributed by atoms with Crippen LogP contribution in [0.25, 0.3) is 0 Å². The molecule has 36 heavy (non-hydrogen) atoms. The molecule has 0 unspecified atom stereocenters. The summed E-state index contributed by atoms with van der Waals surface area (Å²) in [6.45, 7) is 16.2. The fraction of sp³-hybridized carbons (Fsp3) is 0.667. The normalized spacial score (nSPS) is 44.1. The van der Waals surface area contributed by atoms with Gasteiger partial charge < -0.3 is 9.47 Å². The van der Waals surface area contributed by atoms with Gasteiger partial charge in [-0.15, -0.1) is 0 Å². The lowest BCUT2D eigenvalue weighted by Crippen LogP contribution is -2.45. The molecule has 3 saturated carbocycles. The van der Waals surface area contributed by atoms with Crippen molar-refractivity contribution in [1.82, 2.24) is 0 Å². The highest BCUT2D eigenvalue weighted by molar-refractivity contribution is 6.05. The lowest BCUT2D eigenvalue weighted by molar-refractivity contribution is -0.153. The molecule has 9 atom stereocenters. The number of hydrogen-bond acceptors (Lipinski definition) is 6. The van der Waals surface area contributed by atoms with Crippen LogP contribution in [0.15, 0.2) is 36.1 Å². The molecule has 5 rings (SSSR count). The van der Waals surface area contributed by atoms with E-state index in [4.69, 9.17) is 9.47 Å². The average Bonchev–Trinajstić information content (AvgIpc) is 3.32. The van der Waals surface area contributed by atoms with Crippen molar-refractivity contribution >= 4 is 23.5 Å². The highest BCUT2D eigenvalue weighted by Gasteiger charge is 2.62. The van der Waals surface area contributed by atoms with Crippen LogP contribution in [0, 0.1) is 46.3 Å². The van der Waals surface area contributed by atoms with Gasteiger partial charge in [0, 0.05) is 28.9 Å². The molecule has 6 heteroatoms. The predicted octanol–water partition coefficient (Wildman–Crippen LogP) is 5.12. The van der Waals surface area contributed by atoms with E-state index in [1.165, 1.54) is 0 Å². The smallest absolute Gasteiger partial charge is 0.339 e. The summed E-state index contributed by atoms with van der Waals surface area (Å²) in [5.41, 5.74) is -0.675. The van der Waals surface area contributed by atoms with E-state index in [2.05, 4.69) is 27.0 Å². The second-order valence-electron chi connectivity index (χ2n) is 12.5. The summed E-state index contributed by atoms with van der Waals surface area (Å²) in [6.07, 6.45) is 6.56. The molecular weight excluding hydrogens is 456 g/mol. The number of fused-ring (bicyclic) bond motifs is 4. The fourth-order valence-electron chi connectivity index (χ4n) is 8.26. The van der Waals surface area contributed by atoms with Crippen molar-refractivity contribution in [3.63, 3.8) is 0 Å². The van der Waals surface area contributed by atoms with Crippen molar-refractivity contribution < 1.29 is 28.7 Å². The number of carbonyl (C=O) groups is 4. The van der Waals surface area contributed by atoms with Crippen molar-refractivity contribution in [3.8, 4) is 0 Å². The van der Waals surface area contributed by atoms with Gasteiger partial charge in [-0.25, -0.2) is 9.59 Å². The minimum absolute atomic E-state index is 0.0257. The van der Waals surface area contributed by atoms with Crippen LogP contribution in [0.5, 0.6) is 0 Å². The van der Waals surface area contributed by atoms with Crippen LogP contribution in [-0.4, -0.2) is 29.6 Å². The largest absolute Gasteiger partial charge is 0.457 e. The maximum absolute atomic E-state index is 13.8. The van der Waals surface area contributed by atoms with E-state index in [1.54, 1.807) is 6.08 Å². The number of allylic oxidation sites excluding steroid dienone is 2. The number of hydrogen-bond donors (Lipinski definition) is 0. The summed E-state index contributed by atoms with van der Waals surface area (Å²) in [6, 6.07) is 0. The Balaban J connectivity index is 1.36. The summed E-state index contributed by atoms with van der Waals surface area (Å²) < 4.78 is 11.4.